The van der Waals surface area contributed by atoms with Gasteiger partial charge < -0.3 is 15.1 Å². The molecule has 1 fully saturated rings. The van der Waals surface area contributed by atoms with Crippen LogP contribution in [0.2, 0.25) is 0 Å². The fraction of sp³-hybridized carbons (Fsp3) is 0.600. The topological polar surface area (TPSA) is 42.4 Å². The normalized spacial score (nSPS) is 18.2. The molecule has 1 aromatic heterocycles. The lowest BCUT2D eigenvalue weighted by Gasteiger charge is -2.18. The third-order valence-corrected chi connectivity index (χ3v) is 3.43. The van der Waals surface area contributed by atoms with E-state index in [1.165, 1.54) is 17.9 Å². The molecule has 0 aromatic carbocycles. The number of hydrogen-bond acceptors (Lipinski definition) is 4. The number of rotatable bonds is 2. The van der Waals surface area contributed by atoms with E-state index in [9.17, 15) is 0 Å². The molecule has 78 valence electrons. The highest BCUT2D eigenvalue weighted by Gasteiger charge is 2.12. The molecule has 1 aliphatic heterocycles. The van der Waals surface area contributed by atoms with Gasteiger partial charge in [0.1, 0.15) is 5.76 Å². The molecule has 2 heterocycles. The van der Waals surface area contributed by atoms with Crippen LogP contribution in [-0.2, 0) is 6.54 Å². The average molecular weight is 212 g/mol. The Morgan fingerprint density at radius 2 is 2.29 bits per heavy atom. The van der Waals surface area contributed by atoms with E-state index >= 15 is 0 Å². The van der Waals surface area contributed by atoms with E-state index in [1.807, 2.05) is 23.9 Å². The lowest BCUT2D eigenvalue weighted by molar-refractivity contribution is 0.501. The summed E-state index contributed by atoms with van der Waals surface area (Å²) < 4.78 is 5.62. The Morgan fingerprint density at radius 3 is 3.07 bits per heavy atom. The van der Waals surface area contributed by atoms with Crippen LogP contribution in [0.1, 0.15) is 12.2 Å². The van der Waals surface area contributed by atoms with Crippen molar-refractivity contribution >= 4 is 17.6 Å². The van der Waals surface area contributed by atoms with E-state index in [0.29, 0.717) is 6.54 Å². The minimum atomic E-state index is 0.489. The summed E-state index contributed by atoms with van der Waals surface area (Å²) >= 11 is 2.02. The van der Waals surface area contributed by atoms with Crippen LogP contribution in [0.5, 0.6) is 0 Å². The van der Waals surface area contributed by atoms with Crippen LogP contribution in [0.4, 0.5) is 5.88 Å². The Bertz CT molecular complexity index is 279. The minimum Gasteiger partial charge on any atom is -0.444 e. The lowest BCUT2D eigenvalue weighted by atomic mass is 10.4. The van der Waals surface area contributed by atoms with Crippen LogP contribution in [0.3, 0.4) is 0 Å². The highest BCUT2D eigenvalue weighted by Crippen LogP contribution is 2.21. The first-order valence-corrected chi connectivity index (χ1v) is 6.17. The highest BCUT2D eigenvalue weighted by molar-refractivity contribution is 7.99. The molecule has 0 bridgehead atoms. The number of hydrogen-bond donors (Lipinski definition) is 1. The molecule has 1 saturated heterocycles. The number of anilines is 1. The second kappa shape index (κ2) is 4.75. The third kappa shape index (κ3) is 2.25. The van der Waals surface area contributed by atoms with Gasteiger partial charge in [0.05, 0.1) is 6.54 Å². The maximum atomic E-state index is 5.62. The van der Waals surface area contributed by atoms with E-state index in [1.54, 1.807) is 0 Å². The highest BCUT2D eigenvalue weighted by atomic mass is 32.2. The molecule has 1 aromatic rings. The van der Waals surface area contributed by atoms with Gasteiger partial charge in [-0.15, -0.1) is 0 Å². The zero-order chi connectivity index (χ0) is 9.80. The molecular formula is C10H16N2OS. The van der Waals surface area contributed by atoms with Crippen LogP contribution in [0.25, 0.3) is 0 Å². The fourth-order valence-corrected chi connectivity index (χ4v) is 2.50. The largest absolute Gasteiger partial charge is 0.444 e. The molecule has 0 atom stereocenters. The van der Waals surface area contributed by atoms with Crippen LogP contribution in [-0.4, -0.2) is 24.6 Å². The summed E-state index contributed by atoms with van der Waals surface area (Å²) in [6.45, 7) is 2.68. The predicted molar refractivity (Wildman–Crippen MR) is 60.8 cm³/mol. The van der Waals surface area contributed by atoms with Crippen molar-refractivity contribution in [1.82, 2.24) is 0 Å². The Hall–Kier alpha value is -0.610. The number of furan rings is 1. The second-order valence-corrected chi connectivity index (χ2v) is 4.62. The quantitative estimate of drug-likeness (QED) is 0.810. The maximum Gasteiger partial charge on any atom is 0.195 e. The van der Waals surface area contributed by atoms with Gasteiger partial charge in [0.15, 0.2) is 5.88 Å². The molecule has 4 heteroatoms. The van der Waals surface area contributed by atoms with Crippen LogP contribution >= 0.6 is 11.8 Å². The molecule has 0 aliphatic carbocycles. The van der Waals surface area contributed by atoms with Gasteiger partial charge >= 0.3 is 0 Å². The predicted octanol–water partition coefficient (Wildman–Crippen LogP) is 1.68. The van der Waals surface area contributed by atoms with E-state index in [2.05, 4.69) is 4.90 Å². The van der Waals surface area contributed by atoms with Crippen molar-refractivity contribution in [1.29, 1.82) is 0 Å². The summed E-state index contributed by atoms with van der Waals surface area (Å²) in [7, 11) is 0. The van der Waals surface area contributed by atoms with Crippen LogP contribution in [0, 0.1) is 0 Å². The van der Waals surface area contributed by atoms with Crippen molar-refractivity contribution in [3.05, 3.63) is 17.9 Å². The number of thioether (sulfide) groups is 1. The molecule has 0 spiro atoms. The van der Waals surface area contributed by atoms with Gasteiger partial charge in [0.25, 0.3) is 0 Å². The minimum absolute atomic E-state index is 0.489. The molecule has 2 rings (SSSR count). The summed E-state index contributed by atoms with van der Waals surface area (Å²) in [5, 5.41) is 0. The first kappa shape index (κ1) is 9.93. The number of nitrogens with two attached hydrogens (primary N) is 1. The Balaban J connectivity index is 2.04. The monoisotopic (exact) mass is 212 g/mol. The van der Waals surface area contributed by atoms with E-state index in [-0.39, 0.29) is 0 Å². The van der Waals surface area contributed by atoms with Crippen molar-refractivity contribution < 1.29 is 4.42 Å². The molecule has 2 N–H and O–H groups in total. The van der Waals surface area contributed by atoms with E-state index in [4.69, 9.17) is 10.2 Å². The van der Waals surface area contributed by atoms with Gasteiger partial charge in [-0.2, -0.15) is 11.8 Å². The molecule has 0 unspecified atom stereocenters. The Morgan fingerprint density at radius 1 is 1.36 bits per heavy atom. The third-order valence-electron chi connectivity index (χ3n) is 2.38. The Labute approximate surface area is 88.6 Å². The van der Waals surface area contributed by atoms with Crippen molar-refractivity contribution in [3.8, 4) is 0 Å². The van der Waals surface area contributed by atoms with Crippen LogP contribution in [0.15, 0.2) is 16.5 Å². The van der Waals surface area contributed by atoms with Crippen molar-refractivity contribution in [2.24, 2.45) is 5.73 Å². The van der Waals surface area contributed by atoms with E-state index < -0.39 is 0 Å². The zero-order valence-corrected chi connectivity index (χ0v) is 9.05. The number of nitrogens with zero attached hydrogens (tertiary/aromatic N) is 1. The average Bonchev–Trinajstić information content (AvgIpc) is 2.53. The lowest BCUT2D eigenvalue weighted by Crippen LogP contribution is -2.24. The molecule has 0 radical (unpaired) electrons. The SMILES string of the molecule is NCc1ccc(N2CCCSCC2)o1. The second-order valence-electron chi connectivity index (χ2n) is 3.40. The summed E-state index contributed by atoms with van der Waals surface area (Å²) in [5.41, 5.74) is 5.51. The van der Waals surface area contributed by atoms with Crippen molar-refractivity contribution in [2.75, 3.05) is 29.5 Å². The maximum absolute atomic E-state index is 5.62. The van der Waals surface area contributed by atoms with Gasteiger partial charge in [-0.05, 0) is 18.2 Å². The Kier molecular flexibility index (Phi) is 3.37. The molecule has 1 aliphatic rings. The summed E-state index contributed by atoms with van der Waals surface area (Å²) in [6.07, 6.45) is 1.24. The molecule has 0 amide bonds. The standard InChI is InChI=1S/C10H16N2OS/c11-8-9-2-3-10(13-9)12-4-1-6-14-7-5-12/h2-3H,1,4-8,11H2. The van der Waals surface area contributed by atoms with Crippen LogP contribution < -0.4 is 10.6 Å². The van der Waals surface area contributed by atoms with Gasteiger partial charge in [-0.3, -0.25) is 0 Å². The van der Waals surface area contributed by atoms with Gasteiger partial charge in [0, 0.05) is 24.9 Å². The zero-order valence-electron chi connectivity index (χ0n) is 8.24. The summed E-state index contributed by atoms with van der Waals surface area (Å²) in [4.78, 5) is 2.30. The van der Waals surface area contributed by atoms with Gasteiger partial charge in [-0.1, -0.05) is 0 Å². The first-order valence-electron chi connectivity index (χ1n) is 5.01. The summed E-state index contributed by atoms with van der Waals surface area (Å²) in [5.74, 6) is 4.31. The summed E-state index contributed by atoms with van der Waals surface area (Å²) in [6, 6.07) is 3.99. The van der Waals surface area contributed by atoms with Gasteiger partial charge in [0.2, 0.25) is 0 Å². The van der Waals surface area contributed by atoms with Crippen molar-refractivity contribution in [3.63, 3.8) is 0 Å². The fourth-order valence-electron chi connectivity index (χ4n) is 1.61. The first-order chi connectivity index (χ1) is 6.90. The molecule has 3 nitrogen and oxygen atoms in total. The smallest absolute Gasteiger partial charge is 0.195 e. The molecular weight excluding hydrogens is 196 g/mol. The molecule has 0 saturated carbocycles. The van der Waals surface area contributed by atoms with Gasteiger partial charge in [-0.25, -0.2) is 0 Å². The van der Waals surface area contributed by atoms with E-state index in [0.717, 1.165) is 24.7 Å². The van der Waals surface area contributed by atoms with Crippen molar-refractivity contribution in [2.45, 2.75) is 13.0 Å². The molecule has 14 heavy (non-hydrogen) atoms.